The van der Waals surface area contributed by atoms with Crippen molar-refractivity contribution < 1.29 is 18.4 Å². The molecule has 0 atom stereocenters. The fourth-order valence-electron chi connectivity index (χ4n) is 0.975. The van der Waals surface area contributed by atoms with Gasteiger partial charge in [0.05, 0.1) is 23.8 Å². The highest BCUT2D eigenvalue weighted by Crippen LogP contribution is 2.31. The molecule has 0 amide bonds. The summed E-state index contributed by atoms with van der Waals surface area (Å²) in [5.74, 6) is 3.30. The van der Waals surface area contributed by atoms with Crippen LogP contribution in [0.2, 0.25) is 0 Å². The molecule has 1 rings (SSSR count). The fraction of sp³-hybridized carbons (Fsp3) is 0.250. The molecule has 0 saturated heterocycles. The maximum Gasteiger partial charge on any atom is 0.149 e. The summed E-state index contributed by atoms with van der Waals surface area (Å²) in [6.07, 6.45) is 0. The molecule has 6 heteroatoms. The zero-order valence-electron chi connectivity index (χ0n) is 7.31. The number of hydrogen-bond donors (Lipinski definition) is 1. The van der Waals surface area contributed by atoms with E-state index in [2.05, 4.69) is 20.8 Å². The first-order valence-corrected chi connectivity index (χ1v) is 4.43. The molecule has 14 heavy (non-hydrogen) atoms. The molecule has 78 valence electrons. The number of benzene rings is 1. The molecule has 0 unspecified atom stereocenters. The van der Waals surface area contributed by atoms with Crippen LogP contribution in [-0.2, 0) is 11.4 Å². The third kappa shape index (κ3) is 2.02. The van der Waals surface area contributed by atoms with Crippen molar-refractivity contribution in [2.75, 3.05) is 7.11 Å². The van der Waals surface area contributed by atoms with Gasteiger partial charge in [0.15, 0.2) is 0 Å². The molecule has 2 N–H and O–H groups in total. The first kappa shape index (κ1) is 11.4. The SMILES string of the molecule is COc1cc(F)c(CON)c(F)c1Br. The van der Waals surface area contributed by atoms with Gasteiger partial charge < -0.3 is 4.74 Å². The Morgan fingerprint density at radius 1 is 1.50 bits per heavy atom. The van der Waals surface area contributed by atoms with Crippen LogP contribution in [0.5, 0.6) is 5.75 Å². The average Bonchev–Trinajstić information content (AvgIpc) is 2.18. The minimum absolute atomic E-state index is 0.0495. The fourth-order valence-corrected chi connectivity index (χ4v) is 1.49. The quantitative estimate of drug-likeness (QED) is 0.674. The number of nitrogens with two attached hydrogens (primary N) is 1. The monoisotopic (exact) mass is 267 g/mol. The number of rotatable bonds is 3. The molecule has 0 saturated carbocycles. The maximum atomic E-state index is 13.4. The Hall–Kier alpha value is -0.720. The second kappa shape index (κ2) is 4.68. The molecule has 1 aromatic rings. The van der Waals surface area contributed by atoms with E-state index in [1.165, 1.54) is 7.11 Å². The molecule has 0 spiro atoms. The van der Waals surface area contributed by atoms with Gasteiger partial charge in [0, 0.05) is 6.07 Å². The van der Waals surface area contributed by atoms with Crippen molar-refractivity contribution in [3.63, 3.8) is 0 Å². The smallest absolute Gasteiger partial charge is 0.149 e. The summed E-state index contributed by atoms with van der Waals surface area (Å²) in [5.41, 5.74) is -0.236. The van der Waals surface area contributed by atoms with Gasteiger partial charge in [-0.25, -0.2) is 14.7 Å². The first-order valence-electron chi connectivity index (χ1n) is 3.63. The molecule has 0 aliphatic rings. The van der Waals surface area contributed by atoms with Crippen LogP contribution >= 0.6 is 15.9 Å². The lowest BCUT2D eigenvalue weighted by molar-refractivity contribution is 0.118. The molecule has 3 nitrogen and oxygen atoms in total. The summed E-state index contributed by atoms with van der Waals surface area (Å²) in [6.45, 7) is -0.333. The Balaban J connectivity index is 3.26. The molecule has 1 aromatic carbocycles. The molecule has 0 aromatic heterocycles. The second-order valence-corrected chi connectivity index (χ2v) is 3.27. The Labute approximate surface area is 87.9 Å². The second-order valence-electron chi connectivity index (χ2n) is 2.48. The molecule has 0 heterocycles. The molecule has 0 aliphatic carbocycles. The van der Waals surface area contributed by atoms with Crippen LogP contribution in [-0.4, -0.2) is 7.11 Å². The van der Waals surface area contributed by atoms with Crippen molar-refractivity contribution in [2.45, 2.75) is 6.61 Å². The van der Waals surface area contributed by atoms with Gasteiger partial charge in [-0.15, -0.1) is 0 Å². The van der Waals surface area contributed by atoms with Crippen molar-refractivity contribution in [1.82, 2.24) is 0 Å². The Morgan fingerprint density at radius 2 is 2.14 bits per heavy atom. The summed E-state index contributed by atoms with van der Waals surface area (Å²) in [4.78, 5) is 4.18. The van der Waals surface area contributed by atoms with Crippen LogP contribution in [0, 0.1) is 11.6 Å². The van der Waals surface area contributed by atoms with Crippen LogP contribution in [0.1, 0.15) is 5.56 Å². The lowest BCUT2D eigenvalue weighted by Crippen LogP contribution is -2.05. The lowest BCUT2D eigenvalue weighted by atomic mass is 10.2. The lowest BCUT2D eigenvalue weighted by Gasteiger charge is -2.09. The van der Waals surface area contributed by atoms with Crippen LogP contribution in [0.3, 0.4) is 0 Å². The third-order valence-corrected chi connectivity index (χ3v) is 2.41. The van der Waals surface area contributed by atoms with Crippen molar-refractivity contribution in [3.05, 3.63) is 27.7 Å². The number of ether oxygens (including phenoxy) is 1. The average molecular weight is 268 g/mol. The van der Waals surface area contributed by atoms with Crippen LogP contribution in [0.25, 0.3) is 0 Å². The summed E-state index contributed by atoms with van der Waals surface area (Å²) in [6, 6.07) is 1.06. The maximum absolute atomic E-state index is 13.4. The highest BCUT2D eigenvalue weighted by Gasteiger charge is 2.17. The zero-order chi connectivity index (χ0) is 10.7. The van der Waals surface area contributed by atoms with Gasteiger partial charge >= 0.3 is 0 Å². The van der Waals surface area contributed by atoms with E-state index in [1.807, 2.05) is 0 Å². The molecular formula is C8H8BrF2NO2. The molecule has 0 radical (unpaired) electrons. The standard InChI is InChI=1S/C8H8BrF2NO2/c1-13-6-2-5(10)4(3-14-12)8(11)7(6)9/h2H,3,12H2,1H3. The number of halogens is 3. The van der Waals surface area contributed by atoms with E-state index >= 15 is 0 Å². The van der Waals surface area contributed by atoms with Gasteiger partial charge in [-0.1, -0.05) is 0 Å². The highest BCUT2D eigenvalue weighted by atomic mass is 79.9. The predicted molar refractivity (Wildman–Crippen MR) is 49.6 cm³/mol. The van der Waals surface area contributed by atoms with Crippen LogP contribution in [0.15, 0.2) is 10.5 Å². The number of hydrogen-bond acceptors (Lipinski definition) is 3. The molecule has 0 fully saturated rings. The molecule has 0 bridgehead atoms. The number of methoxy groups -OCH3 is 1. The van der Waals surface area contributed by atoms with E-state index in [4.69, 9.17) is 10.6 Å². The molecule has 0 aliphatic heterocycles. The van der Waals surface area contributed by atoms with Crippen molar-refractivity contribution in [2.24, 2.45) is 5.90 Å². The summed E-state index contributed by atoms with van der Waals surface area (Å²) < 4.78 is 31.4. The summed E-state index contributed by atoms with van der Waals surface area (Å²) in [7, 11) is 1.32. The van der Waals surface area contributed by atoms with E-state index in [9.17, 15) is 8.78 Å². The Morgan fingerprint density at radius 3 is 2.64 bits per heavy atom. The largest absolute Gasteiger partial charge is 0.495 e. The van der Waals surface area contributed by atoms with E-state index in [1.54, 1.807) is 0 Å². The Bertz CT molecular complexity index is 347. The van der Waals surface area contributed by atoms with Crippen molar-refractivity contribution in [3.8, 4) is 5.75 Å². The third-order valence-electron chi connectivity index (χ3n) is 1.67. The predicted octanol–water partition coefficient (Wildman–Crippen LogP) is 2.13. The minimum Gasteiger partial charge on any atom is -0.495 e. The van der Waals surface area contributed by atoms with E-state index < -0.39 is 11.6 Å². The first-order chi connectivity index (χ1) is 6.61. The Kier molecular flexibility index (Phi) is 3.79. The highest BCUT2D eigenvalue weighted by molar-refractivity contribution is 9.10. The van der Waals surface area contributed by atoms with Gasteiger partial charge in [0.25, 0.3) is 0 Å². The van der Waals surface area contributed by atoms with Crippen LogP contribution in [0.4, 0.5) is 8.78 Å². The minimum atomic E-state index is -0.771. The van der Waals surface area contributed by atoms with E-state index in [0.717, 1.165) is 6.07 Å². The van der Waals surface area contributed by atoms with Gasteiger partial charge in [-0.2, -0.15) is 0 Å². The van der Waals surface area contributed by atoms with Crippen molar-refractivity contribution in [1.29, 1.82) is 0 Å². The van der Waals surface area contributed by atoms with Crippen LogP contribution < -0.4 is 10.6 Å². The summed E-state index contributed by atoms with van der Waals surface area (Å²) >= 11 is 2.93. The molecular weight excluding hydrogens is 260 g/mol. The normalized spacial score (nSPS) is 10.4. The topological polar surface area (TPSA) is 44.5 Å². The van der Waals surface area contributed by atoms with Gasteiger partial charge in [0.1, 0.15) is 17.4 Å². The zero-order valence-corrected chi connectivity index (χ0v) is 8.90. The van der Waals surface area contributed by atoms with E-state index in [-0.39, 0.29) is 22.4 Å². The van der Waals surface area contributed by atoms with E-state index in [0.29, 0.717) is 0 Å². The summed E-state index contributed by atoms with van der Waals surface area (Å²) in [5, 5.41) is 0. The van der Waals surface area contributed by atoms with Gasteiger partial charge in [-0.3, -0.25) is 4.84 Å². The van der Waals surface area contributed by atoms with Gasteiger partial charge in [-0.05, 0) is 15.9 Å². The van der Waals surface area contributed by atoms with Gasteiger partial charge in [0.2, 0.25) is 0 Å². The van der Waals surface area contributed by atoms with Crippen molar-refractivity contribution >= 4 is 15.9 Å².